The molecular weight excluding hydrogens is 394 g/mol. The largest absolute Gasteiger partial charge is 0.334 e. The predicted octanol–water partition coefficient (Wildman–Crippen LogP) is 5.65. The van der Waals surface area contributed by atoms with Crippen molar-refractivity contribution < 1.29 is 4.79 Å². The van der Waals surface area contributed by atoms with E-state index in [1.165, 1.54) is 0 Å². The molecule has 0 unspecified atom stereocenters. The molecule has 0 saturated carbocycles. The number of benzene rings is 3. The first kappa shape index (κ1) is 18.7. The third-order valence-electron chi connectivity index (χ3n) is 6.28. The molecule has 5 aromatic rings. The summed E-state index contributed by atoms with van der Waals surface area (Å²) in [6, 6.07) is 26.7. The Morgan fingerprint density at radius 1 is 0.812 bits per heavy atom. The van der Waals surface area contributed by atoms with E-state index in [1.54, 1.807) is 6.20 Å². The van der Waals surface area contributed by atoms with E-state index in [9.17, 15) is 4.79 Å². The normalized spacial score (nSPS) is 13.1. The van der Waals surface area contributed by atoms with Crippen molar-refractivity contribution in [2.24, 2.45) is 0 Å². The molecule has 4 heteroatoms. The van der Waals surface area contributed by atoms with Crippen LogP contribution in [0.5, 0.6) is 0 Å². The quantitative estimate of drug-likeness (QED) is 0.381. The molecule has 0 fully saturated rings. The lowest BCUT2D eigenvalue weighted by atomic mass is 9.93. The van der Waals surface area contributed by atoms with Crippen molar-refractivity contribution in [2.45, 2.75) is 13.0 Å². The molecule has 3 heterocycles. The van der Waals surface area contributed by atoms with Gasteiger partial charge in [-0.05, 0) is 40.3 Å². The molecule has 32 heavy (non-hydrogen) atoms. The molecule has 154 valence electrons. The fraction of sp³-hybridized carbons (Fsp3) is 0.107. The van der Waals surface area contributed by atoms with Crippen molar-refractivity contribution in [3.63, 3.8) is 0 Å². The maximum Gasteiger partial charge on any atom is 0.255 e. The Balaban J connectivity index is 1.30. The third-order valence-corrected chi connectivity index (χ3v) is 6.28. The summed E-state index contributed by atoms with van der Waals surface area (Å²) in [5.74, 6) is 0.0995. The highest BCUT2D eigenvalue weighted by Crippen LogP contribution is 2.36. The summed E-state index contributed by atoms with van der Waals surface area (Å²) >= 11 is 0. The maximum atomic E-state index is 13.5. The van der Waals surface area contributed by atoms with Gasteiger partial charge in [0.05, 0.1) is 11.1 Å². The van der Waals surface area contributed by atoms with Crippen molar-refractivity contribution in [1.29, 1.82) is 0 Å². The first-order chi connectivity index (χ1) is 15.8. The summed E-state index contributed by atoms with van der Waals surface area (Å²) in [6.07, 6.45) is 4.41. The lowest BCUT2D eigenvalue weighted by Gasteiger charge is -2.16. The fourth-order valence-electron chi connectivity index (χ4n) is 4.68. The number of para-hydroxylation sites is 1. The molecule has 0 radical (unpaired) electrons. The van der Waals surface area contributed by atoms with E-state index in [0.29, 0.717) is 13.1 Å². The summed E-state index contributed by atoms with van der Waals surface area (Å²) in [5, 5.41) is 3.32. The van der Waals surface area contributed by atoms with Gasteiger partial charge in [-0.25, -0.2) is 0 Å². The highest BCUT2D eigenvalue weighted by Gasteiger charge is 2.30. The molecule has 1 amide bonds. The van der Waals surface area contributed by atoms with Crippen molar-refractivity contribution >= 4 is 27.6 Å². The predicted molar refractivity (Wildman–Crippen MR) is 127 cm³/mol. The minimum atomic E-state index is 0.0995. The minimum Gasteiger partial charge on any atom is -0.334 e. The standard InChI is InChI=1S/C28H21N3O/c32-28-27-21(7-4-9-25(27)24-8-3-6-20-17-29-15-13-23(20)24)18-31(28)16-14-22-12-11-19-5-1-2-10-26(19)30-22/h1-13,15,17H,14,16,18H2. The SMILES string of the molecule is O=C1c2c(cccc2-c2cccc3cnccc23)CN1CCc1ccc2ccccc2n1. The maximum absolute atomic E-state index is 13.5. The van der Waals surface area contributed by atoms with E-state index in [-0.39, 0.29) is 5.91 Å². The topological polar surface area (TPSA) is 46.1 Å². The average molecular weight is 415 g/mol. The Morgan fingerprint density at radius 2 is 1.66 bits per heavy atom. The van der Waals surface area contributed by atoms with Crippen molar-refractivity contribution in [3.8, 4) is 11.1 Å². The Labute approximate surface area is 186 Å². The van der Waals surface area contributed by atoms with E-state index < -0.39 is 0 Å². The fourth-order valence-corrected chi connectivity index (χ4v) is 4.68. The van der Waals surface area contributed by atoms with Crippen LogP contribution in [-0.2, 0) is 13.0 Å². The number of amides is 1. The molecule has 2 aromatic heterocycles. The minimum absolute atomic E-state index is 0.0995. The Kier molecular flexibility index (Phi) is 4.43. The van der Waals surface area contributed by atoms with Crippen LogP contribution in [0.15, 0.2) is 91.3 Å². The van der Waals surface area contributed by atoms with Crippen molar-refractivity contribution in [1.82, 2.24) is 14.9 Å². The molecule has 0 bridgehead atoms. The number of hydrogen-bond acceptors (Lipinski definition) is 3. The second-order valence-corrected chi connectivity index (χ2v) is 8.21. The van der Waals surface area contributed by atoms with E-state index in [1.807, 2.05) is 41.4 Å². The number of rotatable bonds is 4. The lowest BCUT2D eigenvalue weighted by Crippen LogP contribution is -2.26. The molecule has 0 saturated heterocycles. The van der Waals surface area contributed by atoms with Crippen LogP contribution in [0.25, 0.3) is 32.8 Å². The molecule has 4 nitrogen and oxygen atoms in total. The van der Waals surface area contributed by atoms with Crippen LogP contribution >= 0.6 is 0 Å². The van der Waals surface area contributed by atoms with E-state index in [4.69, 9.17) is 4.98 Å². The monoisotopic (exact) mass is 415 g/mol. The van der Waals surface area contributed by atoms with Crippen LogP contribution < -0.4 is 0 Å². The van der Waals surface area contributed by atoms with Gasteiger partial charge in [0.15, 0.2) is 0 Å². The van der Waals surface area contributed by atoms with Crippen LogP contribution in [0.1, 0.15) is 21.6 Å². The number of carbonyl (C=O) groups is 1. The second kappa shape index (κ2) is 7.57. The molecule has 0 aliphatic carbocycles. The summed E-state index contributed by atoms with van der Waals surface area (Å²) in [7, 11) is 0. The van der Waals surface area contributed by atoms with Crippen molar-refractivity contribution in [2.75, 3.05) is 6.54 Å². The average Bonchev–Trinajstić information content (AvgIpc) is 3.18. The first-order valence-corrected chi connectivity index (χ1v) is 10.9. The molecule has 0 spiro atoms. The van der Waals surface area contributed by atoms with E-state index in [2.05, 4.69) is 53.5 Å². The van der Waals surface area contributed by atoms with Crippen LogP contribution in [0.2, 0.25) is 0 Å². The first-order valence-electron chi connectivity index (χ1n) is 10.9. The van der Waals surface area contributed by atoms with Crippen LogP contribution in [0.4, 0.5) is 0 Å². The van der Waals surface area contributed by atoms with E-state index in [0.717, 1.165) is 56.0 Å². The molecule has 0 atom stereocenters. The number of nitrogens with zero attached hydrogens (tertiary/aromatic N) is 3. The molecule has 3 aromatic carbocycles. The van der Waals surface area contributed by atoms with Crippen LogP contribution in [-0.4, -0.2) is 27.3 Å². The van der Waals surface area contributed by atoms with Gasteiger partial charge in [-0.1, -0.05) is 60.7 Å². The Hall–Kier alpha value is -4.05. The van der Waals surface area contributed by atoms with Gasteiger partial charge in [0.25, 0.3) is 5.91 Å². The zero-order valence-corrected chi connectivity index (χ0v) is 17.5. The third kappa shape index (κ3) is 3.12. The number of pyridine rings is 2. The van der Waals surface area contributed by atoms with Gasteiger partial charge in [-0.15, -0.1) is 0 Å². The van der Waals surface area contributed by atoms with Gasteiger partial charge in [0.1, 0.15) is 0 Å². The van der Waals surface area contributed by atoms with Gasteiger partial charge >= 0.3 is 0 Å². The zero-order chi connectivity index (χ0) is 21.5. The lowest BCUT2D eigenvalue weighted by molar-refractivity contribution is 0.0780. The summed E-state index contributed by atoms with van der Waals surface area (Å²) in [5.41, 5.74) is 5.99. The Morgan fingerprint density at radius 3 is 2.62 bits per heavy atom. The second-order valence-electron chi connectivity index (χ2n) is 8.21. The Bertz CT molecular complexity index is 1490. The van der Waals surface area contributed by atoms with Gasteiger partial charge < -0.3 is 4.90 Å². The zero-order valence-electron chi connectivity index (χ0n) is 17.5. The molecular formula is C28H21N3O. The van der Waals surface area contributed by atoms with Crippen molar-refractivity contribution in [3.05, 3.63) is 108 Å². The molecule has 1 aliphatic heterocycles. The molecule has 6 rings (SSSR count). The number of hydrogen-bond donors (Lipinski definition) is 0. The smallest absolute Gasteiger partial charge is 0.255 e. The molecule has 0 N–H and O–H groups in total. The van der Waals surface area contributed by atoms with E-state index >= 15 is 0 Å². The number of carbonyl (C=O) groups excluding carboxylic acids is 1. The van der Waals surface area contributed by atoms with Gasteiger partial charge in [-0.3, -0.25) is 14.8 Å². The van der Waals surface area contributed by atoms with Gasteiger partial charge in [0, 0.05) is 48.4 Å². The highest BCUT2D eigenvalue weighted by molar-refractivity contribution is 6.08. The number of aromatic nitrogens is 2. The summed E-state index contributed by atoms with van der Waals surface area (Å²) in [6.45, 7) is 1.29. The van der Waals surface area contributed by atoms with Crippen LogP contribution in [0.3, 0.4) is 0 Å². The summed E-state index contributed by atoms with van der Waals surface area (Å²) in [4.78, 5) is 24.4. The van der Waals surface area contributed by atoms with Crippen LogP contribution in [0, 0.1) is 0 Å². The number of fused-ring (bicyclic) bond motifs is 3. The van der Waals surface area contributed by atoms with Gasteiger partial charge in [-0.2, -0.15) is 0 Å². The summed E-state index contributed by atoms with van der Waals surface area (Å²) < 4.78 is 0. The highest BCUT2D eigenvalue weighted by atomic mass is 16.2. The van der Waals surface area contributed by atoms with Gasteiger partial charge in [0.2, 0.25) is 0 Å². The molecule has 1 aliphatic rings.